The van der Waals surface area contributed by atoms with Crippen LogP contribution in [0.3, 0.4) is 0 Å². The van der Waals surface area contributed by atoms with E-state index in [-0.39, 0.29) is 5.78 Å². The van der Waals surface area contributed by atoms with Gasteiger partial charge in [0, 0.05) is 7.05 Å². The van der Waals surface area contributed by atoms with Crippen LogP contribution in [0.4, 0.5) is 0 Å². The smallest absolute Gasteiger partial charge is 0.206 e. The van der Waals surface area contributed by atoms with Gasteiger partial charge in [0.1, 0.15) is 5.69 Å². The molecule has 0 radical (unpaired) electrons. The van der Waals surface area contributed by atoms with Gasteiger partial charge in [0.2, 0.25) is 5.78 Å². The van der Waals surface area contributed by atoms with Gasteiger partial charge in [-0.25, -0.2) is 4.98 Å². The molecular weight excluding hydrogens is 176 g/mol. The molecule has 0 bridgehead atoms. The number of ketones is 1. The molecule has 1 aromatic heterocycles. The number of imidazole rings is 1. The Bertz CT molecular complexity index is 350. The first-order valence-electron chi connectivity index (χ1n) is 4.90. The molecule has 0 aliphatic heterocycles. The van der Waals surface area contributed by atoms with Gasteiger partial charge >= 0.3 is 0 Å². The summed E-state index contributed by atoms with van der Waals surface area (Å²) in [6.07, 6.45) is 6.91. The Balaban J connectivity index is 2.95. The summed E-state index contributed by atoms with van der Waals surface area (Å²) in [4.78, 5) is 15.9. The molecule has 0 N–H and O–H groups in total. The largest absolute Gasteiger partial charge is 0.331 e. The average Bonchev–Trinajstić information content (AvgIpc) is 2.59. The van der Waals surface area contributed by atoms with Gasteiger partial charge in [0.05, 0.1) is 12.5 Å². The highest BCUT2D eigenvalue weighted by molar-refractivity contribution is 6.07. The lowest BCUT2D eigenvalue weighted by molar-refractivity contribution is 0.102. The van der Waals surface area contributed by atoms with Crippen molar-refractivity contribution in [2.24, 2.45) is 7.05 Å². The van der Waals surface area contributed by atoms with Crippen molar-refractivity contribution in [3.8, 4) is 0 Å². The van der Waals surface area contributed by atoms with Crippen LogP contribution in [0.1, 0.15) is 37.2 Å². The van der Waals surface area contributed by atoms with Crippen molar-refractivity contribution in [3.05, 3.63) is 29.9 Å². The van der Waals surface area contributed by atoms with E-state index in [1.165, 1.54) is 0 Å². The minimum absolute atomic E-state index is 0.0920. The number of Topliss-reactive ketones (excluding diaryl/α,β-unsaturated/α-hetero) is 1. The number of allylic oxidation sites excluding steroid dienone is 2. The molecule has 0 aliphatic carbocycles. The molecule has 3 nitrogen and oxygen atoms in total. The lowest BCUT2D eigenvalue weighted by Crippen LogP contribution is -2.07. The lowest BCUT2D eigenvalue weighted by atomic mass is 10.1. The molecule has 76 valence electrons. The molecule has 0 atom stereocenters. The summed E-state index contributed by atoms with van der Waals surface area (Å²) in [6.45, 7) is 4.03. The van der Waals surface area contributed by atoms with Crippen molar-refractivity contribution >= 4 is 5.78 Å². The van der Waals surface area contributed by atoms with Gasteiger partial charge in [0.15, 0.2) is 0 Å². The van der Waals surface area contributed by atoms with E-state index < -0.39 is 0 Å². The zero-order valence-corrected chi connectivity index (χ0v) is 8.95. The summed E-state index contributed by atoms with van der Waals surface area (Å²) in [7, 11) is 1.83. The summed E-state index contributed by atoms with van der Waals surface area (Å²) in [5, 5.41) is 0. The third-order valence-electron chi connectivity index (χ3n) is 2.17. The quantitative estimate of drug-likeness (QED) is 0.542. The molecule has 0 saturated heterocycles. The molecule has 1 aromatic rings. The number of carbonyl (C=O) groups excluding carboxylic acids is 1. The van der Waals surface area contributed by atoms with Crippen LogP contribution in [0.5, 0.6) is 0 Å². The second-order valence-electron chi connectivity index (χ2n) is 3.21. The fraction of sp³-hybridized carbons (Fsp3) is 0.455. The van der Waals surface area contributed by atoms with E-state index in [2.05, 4.69) is 4.98 Å². The number of hydrogen-bond acceptors (Lipinski definition) is 2. The molecule has 1 rings (SSSR count). The van der Waals surface area contributed by atoms with E-state index in [0.717, 1.165) is 18.4 Å². The zero-order valence-electron chi connectivity index (χ0n) is 8.95. The van der Waals surface area contributed by atoms with Gasteiger partial charge in [-0.15, -0.1) is 0 Å². The Kier molecular flexibility index (Phi) is 3.63. The topological polar surface area (TPSA) is 34.9 Å². The van der Waals surface area contributed by atoms with Crippen molar-refractivity contribution in [1.29, 1.82) is 0 Å². The number of nitrogens with zero attached hydrogens (tertiary/aromatic N) is 2. The van der Waals surface area contributed by atoms with Crippen LogP contribution >= 0.6 is 0 Å². The molecule has 0 saturated carbocycles. The van der Waals surface area contributed by atoms with Crippen LogP contribution in [0.15, 0.2) is 24.2 Å². The Morgan fingerprint density at radius 1 is 1.57 bits per heavy atom. The summed E-state index contributed by atoms with van der Waals surface area (Å²) in [5.74, 6) is 0.0920. The first-order chi connectivity index (χ1) is 6.70. The van der Waals surface area contributed by atoms with Gasteiger partial charge < -0.3 is 4.57 Å². The van der Waals surface area contributed by atoms with Crippen molar-refractivity contribution in [3.63, 3.8) is 0 Å². The second kappa shape index (κ2) is 4.74. The standard InChI is InChI=1S/C11H16N2O/c1-4-6-9(5-2)11(14)10-7-12-8-13(10)3/h6-8H,4-5H2,1-3H3/b9-6+. The first kappa shape index (κ1) is 10.7. The Labute approximate surface area is 84.5 Å². The van der Waals surface area contributed by atoms with Crippen molar-refractivity contribution in [2.45, 2.75) is 26.7 Å². The molecule has 0 fully saturated rings. The minimum Gasteiger partial charge on any atom is -0.331 e. The Hall–Kier alpha value is -1.38. The van der Waals surface area contributed by atoms with Crippen molar-refractivity contribution in [2.75, 3.05) is 0 Å². The van der Waals surface area contributed by atoms with Crippen LogP contribution in [0, 0.1) is 0 Å². The number of aryl methyl sites for hydroxylation is 1. The molecule has 0 aliphatic rings. The summed E-state index contributed by atoms with van der Waals surface area (Å²) >= 11 is 0. The van der Waals surface area contributed by atoms with Crippen LogP contribution in [-0.4, -0.2) is 15.3 Å². The predicted molar refractivity (Wildman–Crippen MR) is 56.2 cm³/mol. The molecular formula is C11H16N2O. The predicted octanol–water partition coefficient (Wildman–Crippen LogP) is 2.35. The van der Waals surface area contributed by atoms with Crippen molar-refractivity contribution in [1.82, 2.24) is 9.55 Å². The van der Waals surface area contributed by atoms with E-state index in [1.54, 1.807) is 17.1 Å². The van der Waals surface area contributed by atoms with E-state index in [1.807, 2.05) is 27.0 Å². The van der Waals surface area contributed by atoms with Gasteiger partial charge in [-0.05, 0) is 18.4 Å². The van der Waals surface area contributed by atoms with Crippen LogP contribution in [0.2, 0.25) is 0 Å². The van der Waals surface area contributed by atoms with Crippen LogP contribution < -0.4 is 0 Å². The Morgan fingerprint density at radius 2 is 2.29 bits per heavy atom. The molecule has 1 heterocycles. The summed E-state index contributed by atoms with van der Waals surface area (Å²) in [6, 6.07) is 0. The van der Waals surface area contributed by atoms with E-state index in [0.29, 0.717) is 5.69 Å². The van der Waals surface area contributed by atoms with Gasteiger partial charge in [-0.1, -0.05) is 19.9 Å². The van der Waals surface area contributed by atoms with Crippen molar-refractivity contribution < 1.29 is 4.79 Å². The maximum atomic E-state index is 11.9. The fourth-order valence-electron chi connectivity index (χ4n) is 1.38. The first-order valence-corrected chi connectivity index (χ1v) is 4.90. The summed E-state index contributed by atoms with van der Waals surface area (Å²) in [5.41, 5.74) is 1.53. The highest BCUT2D eigenvalue weighted by Gasteiger charge is 2.12. The molecule has 0 unspecified atom stereocenters. The normalized spacial score (nSPS) is 11.8. The monoisotopic (exact) mass is 192 g/mol. The third-order valence-corrected chi connectivity index (χ3v) is 2.17. The molecule has 0 spiro atoms. The lowest BCUT2D eigenvalue weighted by Gasteiger charge is -2.03. The number of rotatable bonds is 4. The summed E-state index contributed by atoms with van der Waals surface area (Å²) < 4.78 is 1.75. The molecule has 0 aromatic carbocycles. The SMILES string of the molecule is CC/C=C(\CC)C(=O)c1cncn1C. The molecule has 3 heteroatoms. The minimum atomic E-state index is 0.0920. The maximum Gasteiger partial charge on any atom is 0.206 e. The highest BCUT2D eigenvalue weighted by Crippen LogP contribution is 2.11. The third kappa shape index (κ3) is 2.10. The van der Waals surface area contributed by atoms with E-state index in [4.69, 9.17) is 0 Å². The number of hydrogen-bond donors (Lipinski definition) is 0. The zero-order chi connectivity index (χ0) is 10.6. The maximum absolute atomic E-state index is 11.9. The van der Waals surface area contributed by atoms with Gasteiger partial charge in [0.25, 0.3) is 0 Å². The molecule has 14 heavy (non-hydrogen) atoms. The Morgan fingerprint density at radius 3 is 2.71 bits per heavy atom. The second-order valence-corrected chi connectivity index (χ2v) is 3.21. The highest BCUT2D eigenvalue weighted by atomic mass is 16.1. The fourth-order valence-corrected chi connectivity index (χ4v) is 1.38. The van der Waals surface area contributed by atoms with Crippen LogP contribution in [0.25, 0.3) is 0 Å². The van der Waals surface area contributed by atoms with Crippen LogP contribution in [-0.2, 0) is 7.05 Å². The van der Waals surface area contributed by atoms with Gasteiger partial charge in [-0.3, -0.25) is 4.79 Å². The number of aromatic nitrogens is 2. The van der Waals surface area contributed by atoms with Gasteiger partial charge in [-0.2, -0.15) is 0 Å². The number of carbonyl (C=O) groups is 1. The van der Waals surface area contributed by atoms with E-state index in [9.17, 15) is 4.79 Å². The average molecular weight is 192 g/mol. The van der Waals surface area contributed by atoms with E-state index >= 15 is 0 Å². The molecule has 0 amide bonds.